The second-order valence-electron chi connectivity index (χ2n) is 7.51. The first-order valence-corrected chi connectivity index (χ1v) is 11.4. The summed E-state index contributed by atoms with van der Waals surface area (Å²) in [6.07, 6.45) is 5.28. The lowest BCUT2D eigenvalue weighted by molar-refractivity contribution is -0.117. The van der Waals surface area contributed by atoms with Gasteiger partial charge in [0.2, 0.25) is 15.9 Å². The molecule has 1 amide bonds. The summed E-state index contributed by atoms with van der Waals surface area (Å²) in [5.41, 5.74) is 1.94. The summed E-state index contributed by atoms with van der Waals surface area (Å²) in [7, 11) is -3.66. The zero-order valence-electron chi connectivity index (χ0n) is 17.2. The van der Waals surface area contributed by atoms with Crippen LogP contribution in [0.15, 0.2) is 50.2 Å². The predicted octanol–water partition coefficient (Wildman–Crippen LogP) is 3.88. The number of hydrogen-bond acceptors (Lipinski definition) is 6. The molecule has 31 heavy (non-hydrogen) atoms. The smallest absolute Gasteiger partial charge is 0.240 e. The summed E-state index contributed by atoms with van der Waals surface area (Å²) >= 11 is 0. The number of carbonyl (C=O) groups is 1. The third-order valence-electron chi connectivity index (χ3n) is 4.94. The van der Waals surface area contributed by atoms with Gasteiger partial charge in [0.25, 0.3) is 0 Å². The number of carbonyl (C=O) groups excluding carboxylic acids is 1. The second kappa shape index (κ2) is 8.52. The Morgan fingerprint density at radius 3 is 2.52 bits per heavy atom. The molecule has 8 nitrogen and oxygen atoms in total. The number of sulfonamides is 1. The first-order valence-electron chi connectivity index (χ1n) is 9.92. The van der Waals surface area contributed by atoms with E-state index in [1.165, 1.54) is 12.1 Å². The number of hydrogen-bond donors (Lipinski definition) is 2. The van der Waals surface area contributed by atoms with Gasteiger partial charge in [-0.25, -0.2) is 13.1 Å². The fraction of sp³-hybridized carbons (Fsp3) is 0.273. The van der Waals surface area contributed by atoms with Gasteiger partial charge in [-0.3, -0.25) is 4.79 Å². The summed E-state index contributed by atoms with van der Waals surface area (Å²) in [4.78, 5) is 12.2. The maximum Gasteiger partial charge on any atom is 0.240 e. The number of amides is 1. The average Bonchev–Trinajstić information content (AvgIpc) is 3.44. The zero-order valence-corrected chi connectivity index (χ0v) is 18.0. The van der Waals surface area contributed by atoms with Crippen molar-refractivity contribution in [3.63, 3.8) is 0 Å². The molecule has 2 heterocycles. The van der Waals surface area contributed by atoms with Gasteiger partial charge in [-0.15, -0.1) is 0 Å². The molecule has 4 rings (SSSR count). The van der Waals surface area contributed by atoms with E-state index in [4.69, 9.17) is 8.94 Å². The first kappa shape index (κ1) is 21.1. The summed E-state index contributed by atoms with van der Waals surface area (Å²) in [6.45, 7) is 3.65. The molecule has 2 N–H and O–H groups in total. The molecule has 0 radical (unpaired) electrons. The molecule has 1 aromatic carbocycles. The van der Waals surface area contributed by atoms with Gasteiger partial charge in [0.15, 0.2) is 5.76 Å². The van der Waals surface area contributed by atoms with Gasteiger partial charge in [0.05, 0.1) is 11.4 Å². The van der Waals surface area contributed by atoms with Crippen molar-refractivity contribution in [2.45, 2.75) is 38.1 Å². The molecule has 0 bridgehead atoms. The van der Waals surface area contributed by atoms with E-state index in [0.717, 1.165) is 24.2 Å². The Hall–Kier alpha value is -3.17. The summed E-state index contributed by atoms with van der Waals surface area (Å²) in [6, 6.07) is 9.94. The predicted molar refractivity (Wildman–Crippen MR) is 115 cm³/mol. The van der Waals surface area contributed by atoms with Crippen LogP contribution >= 0.6 is 0 Å². The highest BCUT2D eigenvalue weighted by Gasteiger charge is 2.30. The third-order valence-corrected chi connectivity index (χ3v) is 6.35. The van der Waals surface area contributed by atoms with Gasteiger partial charge >= 0.3 is 0 Å². The minimum absolute atomic E-state index is 0.0206. The number of aromatic nitrogens is 1. The van der Waals surface area contributed by atoms with Crippen LogP contribution in [0.2, 0.25) is 0 Å². The number of benzene rings is 1. The van der Waals surface area contributed by atoms with Crippen LogP contribution in [0.4, 0.5) is 5.69 Å². The zero-order chi connectivity index (χ0) is 22.0. The maximum absolute atomic E-state index is 12.5. The summed E-state index contributed by atoms with van der Waals surface area (Å²) in [5, 5.41) is 6.79. The SMILES string of the molecule is Cc1ccc(CNS(=O)(=O)c2ccc(/C=C\c3onc(C)c3NC(=O)C3CC3)cc2)o1. The average molecular weight is 442 g/mol. The fourth-order valence-corrected chi connectivity index (χ4v) is 3.98. The van der Waals surface area contributed by atoms with Crippen molar-refractivity contribution in [1.29, 1.82) is 0 Å². The number of aryl methyl sites for hydroxylation is 2. The molecule has 0 atom stereocenters. The van der Waals surface area contributed by atoms with E-state index in [9.17, 15) is 13.2 Å². The fourth-order valence-electron chi connectivity index (χ4n) is 2.98. The van der Waals surface area contributed by atoms with Crippen LogP contribution in [0.1, 0.15) is 41.4 Å². The molecule has 162 valence electrons. The number of rotatable bonds is 8. The minimum atomic E-state index is -3.66. The maximum atomic E-state index is 12.5. The van der Waals surface area contributed by atoms with Gasteiger partial charge in [-0.2, -0.15) is 0 Å². The van der Waals surface area contributed by atoms with E-state index >= 15 is 0 Å². The Balaban J connectivity index is 1.42. The molecule has 9 heteroatoms. The van der Waals surface area contributed by atoms with Crippen molar-refractivity contribution >= 4 is 33.8 Å². The lowest BCUT2D eigenvalue weighted by Gasteiger charge is -2.06. The van der Waals surface area contributed by atoms with Crippen LogP contribution in [-0.2, 0) is 21.4 Å². The number of nitrogens with zero attached hydrogens (tertiary/aromatic N) is 1. The largest absolute Gasteiger partial charge is 0.465 e. The monoisotopic (exact) mass is 441 g/mol. The van der Waals surface area contributed by atoms with E-state index in [-0.39, 0.29) is 23.3 Å². The van der Waals surface area contributed by atoms with Crippen molar-refractivity contribution in [3.05, 3.63) is 64.9 Å². The van der Waals surface area contributed by atoms with Gasteiger partial charge in [0.1, 0.15) is 22.9 Å². The topological polar surface area (TPSA) is 114 Å². The quantitative estimate of drug-likeness (QED) is 0.548. The lowest BCUT2D eigenvalue weighted by Crippen LogP contribution is -2.22. The second-order valence-corrected chi connectivity index (χ2v) is 9.28. The summed E-state index contributed by atoms with van der Waals surface area (Å²) in [5.74, 6) is 1.77. The van der Waals surface area contributed by atoms with Gasteiger partial charge in [-0.05, 0) is 62.6 Å². The van der Waals surface area contributed by atoms with E-state index < -0.39 is 10.0 Å². The highest BCUT2D eigenvalue weighted by Crippen LogP contribution is 2.32. The van der Waals surface area contributed by atoms with E-state index in [1.807, 2.05) is 0 Å². The van der Waals surface area contributed by atoms with E-state index in [0.29, 0.717) is 22.9 Å². The minimum Gasteiger partial charge on any atom is -0.465 e. The van der Waals surface area contributed by atoms with Crippen molar-refractivity contribution in [1.82, 2.24) is 9.88 Å². The molecule has 2 aromatic heterocycles. The van der Waals surface area contributed by atoms with Crippen LogP contribution in [-0.4, -0.2) is 19.5 Å². The van der Waals surface area contributed by atoms with Crippen LogP contribution < -0.4 is 10.0 Å². The number of nitrogens with one attached hydrogen (secondary N) is 2. The molecule has 1 aliphatic rings. The van der Waals surface area contributed by atoms with Gasteiger partial charge in [-0.1, -0.05) is 23.4 Å². The van der Waals surface area contributed by atoms with Crippen LogP contribution in [0, 0.1) is 19.8 Å². The Kier molecular flexibility index (Phi) is 5.79. The number of anilines is 1. The van der Waals surface area contributed by atoms with Crippen LogP contribution in [0.3, 0.4) is 0 Å². The van der Waals surface area contributed by atoms with Crippen molar-refractivity contribution < 1.29 is 22.2 Å². The van der Waals surface area contributed by atoms with Crippen molar-refractivity contribution in [2.24, 2.45) is 5.92 Å². The van der Waals surface area contributed by atoms with Crippen LogP contribution in [0.25, 0.3) is 12.2 Å². The molecule has 0 spiro atoms. The Labute approximate surface area is 180 Å². The highest BCUT2D eigenvalue weighted by atomic mass is 32.2. The van der Waals surface area contributed by atoms with Crippen molar-refractivity contribution in [3.8, 4) is 0 Å². The van der Waals surface area contributed by atoms with E-state index in [2.05, 4.69) is 15.2 Å². The van der Waals surface area contributed by atoms with Gasteiger partial charge in [0, 0.05) is 5.92 Å². The normalized spacial score (nSPS) is 14.3. The molecule has 0 unspecified atom stereocenters. The molecular formula is C22H23N3O5S. The molecule has 0 aliphatic heterocycles. The third kappa shape index (κ3) is 5.12. The Morgan fingerprint density at radius 2 is 1.87 bits per heavy atom. The van der Waals surface area contributed by atoms with Gasteiger partial charge < -0.3 is 14.3 Å². The van der Waals surface area contributed by atoms with Crippen molar-refractivity contribution in [2.75, 3.05) is 5.32 Å². The Morgan fingerprint density at radius 1 is 1.13 bits per heavy atom. The standard InChI is InChI=1S/C22H23N3O5S/c1-14-3-9-18(29-14)13-23-31(27,28)19-10-4-16(5-11-19)6-12-20-21(15(2)25-30-20)24-22(26)17-7-8-17/h3-6,9-12,17,23H,7-8,13H2,1-2H3,(H,24,26)/b12-6-. The molecule has 3 aromatic rings. The van der Waals surface area contributed by atoms with Crippen LogP contribution in [0.5, 0.6) is 0 Å². The molecule has 1 aliphatic carbocycles. The number of furan rings is 1. The molecule has 1 saturated carbocycles. The lowest BCUT2D eigenvalue weighted by atomic mass is 10.2. The first-order chi connectivity index (χ1) is 14.8. The molecule has 1 fully saturated rings. The Bertz CT molecular complexity index is 1220. The molecule has 0 saturated heterocycles. The highest BCUT2D eigenvalue weighted by molar-refractivity contribution is 7.89. The van der Waals surface area contributed by atoms with E-state index in [1.54, 1.807) is 50.3 Å². The molecular weight excluding hydrogens is 418 g/mol. The summed E-state index contributed by atoms with van der Waals surface area (Å²) < 4.78 is 38.2.